The molecule has 0 unspecified atom stereocenters. The number of aryl methyl sites for hydroxylation is 1. The SMILES string of the molecule is CCCCOC(=O)c1c2ccccc2n2c(=O)cc(C)[nH]c12. The predicted octanol–water partition coefficient (Wildman–Crippen LogP) is 3.05. The van der Waals surface area contributed by atoms with Gasteiger partial charge in [-0.2, -0.15) is 0 Å². The van der Waals surface area contributed by atoms with Crippen molar-refractivity contribution in [3.05, 3.63) is 51.9 Å². The van der Waals surface area contributed by atoms with E-state index < -0.39 is 5.97 Å². The molecule has 0 spiro atoms. The van der Waals surface area contributed by atoms with Crippen LogP contribution < -0.4 is 5.56 Å². The number of fused-ring (bicyclic) bond motifs is 3. The summed E-state index contributed by atoms with van der Waals surface area (Å²) in [4.78, 5) is 27.9. The molecule has 2 aromatic heterocycles. The summed E-state index contributed by atoms with van der Waals surface area (Å²) in [6, 6.07) is 8.88. The molecule has 5 heteroatoms. The highest BCUT2D eigenvalue weighted by Crippen LogP contribution is 2.25. The van der Waals surface area contributed by atoms with E-state index in [2.05, 4.69) is 4.98 Å². The molecule has 0 radical (unpaired) electrons. The minimum Gasteiger partial charge on any atom is -0.462 e. The van der Waals surface area contributed by atoms with Crippen molar-refractivity contribution in [1.82, 2.24) is 9.38 Å². The van der Waals surface area contributed by atoms with Crippen molar-refractivity contribution in [2.75, 3.05) is 6.61 Å². The Morgan fingerprint density at radius 3 is 2.86 bits per heavy atom. The molecule has 0 aliphatic heterocycles. The summed E-state index contributed by atoms with van der Waals surface area (Å²) in [6.07, 6.45) is 1.78. The molecule has 0 saturated heterocycles. The molecule has 0 aliphatic carbocycles. The van der Waals surface area contributed by atoms with Crippen molar-refractivity contribution in [2.45, 2.75) is 26.7 Å². The van der Waals surface area contributed by atoms with E-state index in [1.54, 1.807) is 6.92 Å². The van der Waals surface area contributed by atoms with Crippen LogP contribution in [0.4, 0.5) is 0 Å². The van der Waals surface area contributed by atoms with Crippen LogP contribution in [0.15, 0.2) is 35.1 Å². The summed E-state index contributed by atoms with van der Waals surface area (Å²) < 4.78 is 6.87. The normalized spacial score (nSPS) is 11.2. The van der Waals surface area contributed by atoms with E-state index in [0.717, 1.165) is 18.2 Å². The number of aromatic amines is 1. The second-order valence-electron chi connectivity index (χ2n) is 5.36. The molecule has 3 rings (SSSR count). The number of H-pyrrole nitrogens is 1. The summed E-state index contributed by atoms with van der Waals surface area (Å²) in [5, 5.41) is 0.725. The third kappa shape index (κ3) is 2.28. The van der Waals surface area contributed by atoms with Crippen LogP contribution in [0.25, 0.3) is 16.6 Å². The number of carbonyl (C=O) groups is 1. The molecule has 0 bridgehead atoms. The Bertz CT molecular complexity index is 905. The van der Waals surface area contributed by atoms with E-state index in [4.69, 9.17) is 4.74 Å². The molecule has 3 aromatic rings. The zero-order valence-corrected chi connectivity index (χ0v) is 12.7. The van der Waals surface area contributed by atoms with E-state index in [1.165, 1.54) is 10.5 Å². The number of benzene rings is 1. The smallest absolute Gasteiger partial charge is 0.342 e. The van der Waals surface area contributed by atoms with Crippen LogP contribution in [-0.4, -0.2) is 22.0 Å². The number of rotatable bonds is 4. The molecular formula is C17H18N2O3. The summed E-state index contributed by atoms with van der Waals surface area (Å²) in [5.74, 6) is -0.395. The first-order valence-electron chi connectivity index (χ1n) is 7.43. The summed E-state index contributed by atoms with van der Waals surface area (Å²) in [5.41, 5.74) is 2.18. The minimum absolute atomic E-state index is 0.157. The van der Waals surface area contributed by atoms with Gasteiger partial charge in [-0.05, 0) is 19.4 Å². The molecule has 0 fully saturated rings. The van der Waals surface area contributed by atoms with Gasteiger partial charge in [0.05, 0.1) is 12.1 Å². The van der Waals surface area contributed by atoms with Gasteiger partial charge in [0.1, 0.15) is 11.2 Å². The number of ether oxygens (including phenoxy) is 1. The van der Waals surface area contributed by atoms with E-state index in [-0.39, 0.29) is 5.56 Å². The number of nitrogens with one attached hydrogen (secondary N) is 1. The lowest BCUT2D eigenvalue weighted by Crippen LogP contribution is -2.14. The molecule has 0 saturated carbocycles. The second-order valence-corrected chi connectivity index (χ2v) is 5.36. The van der Waals surface area contributed by atoms with Gasteiger partial charge in [-0.3, -0.25) is 9.20 Å². The van der Waals surface area contributed by atoms with E-state index in [9.17, 15) is 9.59 Å². The number of unbranched alkanes of at least 4 members (excludes halogenated alkanes) is 1. The lowest BCUT2D eigenvalue weighted by atomic mass is 10.2. The number of hydrogen-bond acceptors (Lipinski definition) is 3. The van der Waals surface area contributed by atoms with Crippen molar-refractivity contribution in [1.29, 1.82) is 0 Å². The van der Waals surface area contributed by atoms with Crippen LogP contribution in [0.1, 0.15) is 35.8 Å². The zero-order chi connectivity index (χ0) is 15.7. The molecular weight excluding hydrogens is 280 g/mol. The molecule has 1 aromatic carbocycles. The number of aromatic nitrogens is 2. The Morgan fingerprint density at radius 2 is 2.09 bits per heavy atom. The first kappa shape index (κ1) is 14.4. The van der Waals surface area contributed by atoms with Gasteiger partial charge in [0, 0.05) is 17.1 Å². The number of para-hydroxylation sites is 1. The third-order valence-corrected chi connectivity index (χ3v) is 3.69. The average molecular weight is 298 g/mol. The first-order valence-corrected chi connectivity index (χ1v) is 7.43. The Labute approximate surface area is 127 Å². The van der Waals surface area contributed by atoms with Gasteiger partial charge in [-0.25, -0.2) is 4.79 Å². The largest absolute Gasteiger partial charge is 0.462 e. The van der Waals surface area contributed by atoms with Crippen molar-refractivity contribution < 1.29 is 9.53 Å². The van der Waals surface area contributed by atoms with Crippen LogP contribution in [-0.2, 0) is 4.74 Å². The highest BCUT2D eigenvalue weighted by atomic mass is 16.5. The van der Waals surface area contributed by atoms with Gasteiger partial charge in [-0.1, -0.05) is 31.5 Å². The van der Waals surface area contributed by atoms with Gasteiger partial charge in [0.25, 0.3) is 5.56 Å². The fraction of sp³-hybridized carbons (Fsp3) is 0.294. The van der Waals surface area contributed by atoms with Crippen molar-refractivity contribution in [2.24, 2.45) is 0 Å². The Morgan fingerprint density at radius 1 is 1.32 bits per heavy atom. The molecule has 114 valence electrons. The Kier molecular flexibility index (Phi) is 3.71. The summed E-state index contributed by atoms with van der Waals surface area (Å²) >= 11 is 0. The third-order valence-electron chi connectivity index (χ3n) is 3.69. The van der Waals surface area contributed by atoms with Crippen molar-refractivity contribution in [3.63, 3.8) is 0 Å². The van der Waals surface area contributed by atoms with E-state index in [1.807, 2.05) is 31.2 Å². The van der Waals surface area contributed by atoms with Gasteiger partial charge >= 0.3 is 5.97 Å². The highest BCUT2D eigenvalue weighted by molar-refractivity contribution is 6.10. The van der Waals surface area contributed by atoms with Gasteiger partial charge in [0.2, 0.25) is 0 Å². The zero-order valence-electron chi connectivity index (χ0n) is 12.7. The fourth-order valence-corrected chi connectivity index (χ4v) is 2.65. The molecule has 0 aliphatic rings. The van der Waals surface area contributed by atoms with Crippen LogP contribution in [0.5, 0.6) is 0 Å². The fourth-order valence-electron chi connectivity index (χ4n) is 2.65. The van der Waals surface area contributed by atoms with Crippen molar-refractivity contribution >= 4 is 22.5 Å². The molecule has 0 amide bonds. The van der Waals surface area contributed by atoms with Gasteiger partial charge in [-0.15, -0.1) is 0 Å². The maximum Gasteiger partial charge on any atom is 0.342 e. The summed E-state index contributed by atoms with van der Waals surface area (Å²) in [7, 11) is 0. The topological polar surface area (TPSA) is 63.6 Å². The quantitative estimate of drug-likeness (QED) is 0.595. The van der Waals surface area contributed by atoms with Crippen LogP contribution >= 0.6 is 0 Å². The second kappa shape index (κ2) is 5.67. The van der Waals surface area contributed by atoms with Gasteiger partial charge < -0.3 is 9.72 Å². The first-order chi connectivity index (χ1) is 10.6. The predicted molar refractivity (Wildman–Crippen MR) is 85.5 cm³/mol. The molecule has 1 N–H and O–H groups in total. The summed E-state index contributed by atoms with van der Waals surface area (Å²) in [6.45, 7) is 4.22. The van der Waals surface area contributed by atoms with E-state index in [0.29, 0.717) is 29.0 Å². The van der Waals surface area contributed by atoms with E-state index >= 15 is 0 Å². The van der Waals surface area contributed by atoms with Crippen LogP contribution in [0.2, 0.25) is 0 Å². The van der Waals surface area contributed by atoms with Crippen LogP contribution in [0.3, 0.4) is 0 Å². The Balaban J connectivity index is 2.26. The number of hydrogen-bond donors (Lipinski definition) is 1. The number of esters is 1. The number of nitrogens with zero attached hydrogens (tertiary/aromatic N) is 1. The minimum atomic E-state index is -0.395. The molecule has 22 heavy (non-hydrogen) atoms. The molecule has 2 heterocycles. The molecule has 0 atom stereocenters. The lowest BCUT2D eigenvalue weighted by Gasteiger charge is -2.04. The standard InChI is InChI=1S/C17H18N2O3/c1-3-4-9-22-17(21)15-12-7-5-6-8-13(12)19-14(20)10-11(2)18-16(15)19/h5-8,10,18H,3-4,9H2,1-2H3. The lowest BCUT2D eigenvalue weighted by molar-refractivity contribution is 0.0504. The maximum absolute atomic E-state index is 12.5. The number of carbonyl (C=O) groups excluding carboxylic acids is 1. The van der Waals surface area contributed by atoms with Crippen LogP contribution in [0, 0.1) is 6.92 Å². The monoisotopic (exact) mass is 298 g/mol. The molecule has 5 nitrogen and oxygen atoms in total. The van der Waals surface area contributed by atoms with Gasteiger partial charge in [0.15, 0.2) is 0 Å². The van der Waals surface area contributed by atoms with Crippen molar-refractivity contribution in [3.8, 4) is 0 Å². The highest BCUT2D eigenvalue weighted by Gasteiger charge is 2.21. The Hall–Kier alpha value is -2.56. The average Bonchev–Trinajstić information content (AvgIpc) is 2.81. The maximum atomic E-state index is 12.5.